The zero-order valence-electron chi connectivity index (χ0n) is 7.72. The molecule has 6 heteroatoms. The van der Waals surface area contributed by atoms with Crippen LogP contribution in [-0.4, -0.2) is 39.2 Å². The maximum absolute atomic E-state index is 9.49. The number of hydrogen-bond donors (Lipinski definition) is 2. The molecule has 0 bridgehead atoms. The van der Waals surface area contributed by atoms with Gasteiger partial charge in [-0.25, -0.2) is 0 Å². The second-order valence-corrected chi connectivity index (χ2v) is 3.95. The van der Waals surface area contributed by atoms with Crippen molar-refractivity contribution in [1.82, 2.24) is 14.1 Å². The molecule has 0 amide bonds. The van der Waals surface area contributed by atoms with Crippen LogP contribution >= 0.6 is 11.7 Å². The lowest BCUT2D eigenvalue weighted by molar-refractivity contribution is 0.104. The van der Waals surface area contributed by atoms with Crippen LogP contribution < -0.4 is 10.1 Å². The van der Waals surface area contributed by atoms with Gasteiger partial charge in [0, 0.05) is 12.6 Å². The Labute approximate surface area is 86.4 Å². The van der Waals surface area contributed by atoms with E-state index in [0.717, 1.165) is 11.7 Å². The summed E-state index contributed by atoms with van der Waals surface area (Å²) in [4.78, 5) is 0. The van der Waals surface area contributed by atoms with Crippen LogP contribution in [0.15, 0.2) is 6.20 Å². The van der Waals surface area contributed by atoms with E-state index < -0.39 is 6.10 Å². The van der Waals surface area contributed by atoms with Gasteiger partial charge in [0.05, 0.1) is 11.7 Å². The molecule has 2 N–H and O–H groups in total. The molecule has 1 heterocycles. The van der Waals surface area contributed by atoms with Gasteiger partial charge in [0.25, 0.3) is 0 Å². The van der Waals surface area contributed by atoms with Crippen molar-refractivity contribution in [2.24, 2.45) is 0 Å². The van der Waals surface area contributed by atoms with E-state index in [1.165, 1.54) is 12.8 Å². The monoisotopic (exact) mass is 215 g/mol. The zero-order chi connectivity index (χ0) is 9.80. The quantitative estimate of drug-likeness (QED) is 0.700. The molecule has 1 saturated carbocycles. The lowest BCUT2D eigenvalue weighted by atomic mass is 10.4. The number of ether oxygens (including phenoxy) is 1. The molecule has 14 heavy (non-hydrogen) atoms. The van der Waals surface area contributed by atoms with Crippen molar-refractivity contribution in [3.05, 3.63) is 6.20 Å². The first-order valence-corrected chi connectivity index (χ1v) is 5.39. The molecule has 1 aliphatic rings. The minimum Gasteiger partial charge on any atom is -0.473 e. The topological polar surface area (TPSA) is 67.3 Å². The second-order valence-electron chi connectivity index (χ2n) is 3.39. The molecule has 0 spiro atoms. The third-order valence-corrected chi connectivity index (χ3v) is 2.45. The molecule has 1 aromatic heterocycles. The summed E-state index contributed by atoms with van der Waals surface area (Å²) < 4.78 is 12.9. The van der Waals surface area contributed by atoms with E-state index in [2.05, 4.69) is 14.1 Å². The Morgan fingerprint density at radius 1 is 1.71 bits per heavy atom. The Hall–Kier alpha value is -0.720. The first-order valence-electron chi connectivity index (χ1n) is 4.66. The van der Waals surface area contributed by atoms with Crippen molar-refractivity contribution in [1.29, 1.82) is 0 Å². The average molecular weight is 215 g/mol. The Bertz CT molecular complexity index is 264. The fourth-order valence-electron chi connectivity index (χ4n) is 1.05. The smallest absolute Gasteiger partial charge is 0.245 e. The van der Waals surface area contributed by atoms with Gasteiger partial charge in [-0.15, -0.1) is 4.37 Å². The lowest BCUT2D eigenvalue weighted by Crippen LogP contribution is -2.32. The Kier molecular flexibility index (Phi) is 3.28. The highest BCUT2D eigenvalue weighted by molar-refractivity contribution is 6.99. The number of aliphatic hydroxyl groups excluding tert-OH is 1. The summed E-state index contributed by atoms with van der Waals surface area (Å²) in [6.45, 7) is 0.855. The van der Waals surface area contributed by atoms with E-state index in [1.54, 1.807) is 6.20 Å². The molecule has 78 valence electrons. The summed E-state index contributed by atoms with van der Waals surface area (Å²) in [7, 11) is 0. The van der Waals surface area contributed by atoms with E-state index in [1.807, 2.05) is 0 Å². The molecule has 1 aliphatic carbocycles. The van der Waals surface area contributed by atoms with Gasteiger partial charge in [-0.1, -0.05) is 0 Å². The van der Waals surface area contributed by atoms with Gasteiger partial charge in [0.15, 0.2) is 0 Å². The second kappa shape index (κ2) is 4.68. The summed E-state index contributed by atoms with van der Waals surface area (Å²) in [6.07, 6.45) is 3.52. The lowest BCUT2D eigenvalue weighted by Gasteiger charge is -2.10. The van der Waals surface area contributed by atoms with Gasteiger partial charge in [-0.2, -0.15) is 4.37 Å². The average Bonchev–Trinajstić information content (AvgIpc) is 2.87. The standard InChI is InChI=1S/C8H13N3O2S/c12-7(3-9-6-1-2-6)5-13-8-4-10-14-11-8/h4,6-7,9,12H,1-3,5H2. The number of hydrogen-bond acceptors (Lipinski definition) is 6. The summed E-state index contributed by atoms with van der Waals surface area (Å²) in [5, 5.41) is 12.7. The van der Waals surface area contributed by atoms with Crippen LogP contribution in [0.5, 0.6) is 5.88 Å². The zero-order valence-corrected chi connectivity index (χ0v) is 8.54. The Balaban J connectivity index is 1.59. The normalized spacial score (nSPS) is 18.1. The highest BCUT2D eigenvalue weighted by Crippen LogP contribution is 2.18. The van der Waals surface area contributed by atoms with Gasteiger partial charge < -0.3 is 15.2 Å². The predicted octanol–water partition coefficient (Wildman–Crippen LogP) is 0.0298. The van der Waals surface area contributed by atoms with Crippen LogP contribution in [0.1, 0.15) is 12.8 Å². The van der Waals surface area contributed by atoms with E-state index in [-0.39, 0.29) is 6.61 Å². The number of nitrogens with zero attached hydrogens (tertiary/aromatic N) is 2. The molecule has 1 aromatic rings. The Morgan fingerprint density at radius 3 is 3.21 bits per heavy atom. The van der Waals surface area contributed by atoms with Gasteiger partial charge in [0.2, 0.25) is 5.88 Å². The van der Waals surface area contributed by atoms with Crippen molar-refractivity contribution >= 4 is 11.7 Å². The van der Waals surface area contributed by atoms with Gasteiger partial charge in [-0.05, 0) is 12.8 Å². The van der Waals surface area contributed by atoms with Crippen molar-refractivity contribution in [3.8, 4) is 5.88 Å². The number of aliphatic hydroxyl groups is 1. The third-order valence-electron chi connectivity index (χ3n) is 1.98. The molecule has 1 fully saturated rings. The SMILES string of the molecule is OC(CNC1CC1)COc1cnsn1. The molecule has 0 aromatic carbocycles. The summed E-state index contributed by atoms with van der Waals surface area (Å²) >= 11 is 1.10. The minimum absolute atomic E-state index is 0.269. The number of nitrogens with one attached hydrogen (secondary N) is 1. The van der Waals surface area contributed by atoms with Gasteiger partial charge in [-0.3, -0.25) is 0 Å². The molecule has 1 atom stereocenters. The van der Waals surface area contributed by atoms with Crippen LogP contribution in [0, 0.1) is 0 Å². The van der Waals surface area contributed by atoms with Crippen LogP contribution in [0.3, 0.4) is 0 Å². The van der Waals surface area contributed by atoms with E-state index in [4.69, 9.17) is 4.74 Å². The summed E-state index contributed by atoms with van der Waals surface area (Å²) in [5.74, 6) is 0.487. The first-order chi connectivity index (χ1) is 6.84. The molecule has 0 saturated heterocycles. The van der Waals surface area contributed by atoms with Gasteiger partial charge in [0.1, 0.15) is 18.9 Å². The van der Waals surface area contributed by atoms with Crippen LogP contribution in [0.2, 0.25) is 0 Å². The van der Waals surface area contributed by atoms with Crippen molar-refractivity contribution < 1.29 is 9.84 Å². The number of aromatic nitrogens is 2. The van der Waals surface area contributed by atoms with E-state index >= 15 is 0 Å². The first kappa shape index (κ1) is 9.82. The van der Waals surface area contributed by atoms with Crippen molar-refractivity contribution in [2.75, 3.05) is 13.2 Å². The maximum Gasteiger partial charge on any atom is 0.245 e. The molecule has 0 radical (unpaired) electrons. The highest BCUT2D eigenvalue weighted by Gasteiger charge is 2.21. The predicted molar refractivity (Wildman–Crippen MR) is 52.4 cm³/mol. The fourth-order valence-corrected chi connectivity index (χ4v) is 1.42. The highest BCUT2D eigenvalue weighted by atomic mass is 32.1. The summed E-state index contributed by atoms with van der Waals surface area (Å²) in [5.41, 5.74) is 0. The van der Waals surface area contributed by atoms with Crippen molar-refractivity contribution in [3.63, 3.8) is 0 Å². The Morgan fingerprint density at radius 2 is 2.57 bits per heavy atom. The number of rotatable bonds is 6. The minimum atomic E-state index is -0.475. The molecular weight excluding hydrogens is 202 g/mol. The molecule has 0 aliphatic heterocycles. The molecule has 2 rings (SSSR count). The van der Waals surface area contributed by atoms with E-state index in [0.29, 0.717) is 18.5 Å². The molecule has 5 nitrogen and oxygen atoms in total. The molecule has 1 unspecified atom stereocenters. The van der Waals surface area contributed by atoms with E-state index in [9.17, 15) is 5.11 Å². The van der Waals surface area contributed by atoms with Crippen molar-refractivity contribution in [2.45, 2.75) is 25.0 Å². The molecular formula is C8H13N3O2S. The maximum atomic E-state index is 9.49. The van der Waals surface area contributed by atoms with Crippen LogP contribution in [-0.2, 0) is 0 Å². The van der Waals surface area contributed by atoms with Crippen LogP contribution in [0.25, 0.3) is 0 Å². The van der Waals surface area contributed by atoms with Crippen LogP contribution in [0.4, 0.5) is 0 Å². The largest absolute Gasteiger partial charge is 0.473 e. The summed E-state index contributed by atoms with van der Waals surface area (Å²) in [6, 6.07) is 0.616. The fraction of sp³-hybridized carbons (Fsp3) is 0.750. The third kappa shape index (κ3) is 3.21. The van der Waals surface area contributed by atoms with Gasteiger partial charge >= 0.3 is 0 Å².